The van der Waals surface area contributed by atoms with Gasteiger partial charge in [-0.25, -0.2) is 14.4 Å². The van der Waals surface area contributed by atoms with Crippen LogP contribution >= 0.6 is 0 Å². The normalized spacial score (nSPS) is 13.3. The first kappa shape index (κ1) is 19.0. The van der Waals surface area contributed by atoms with Crippen molar-refractivity contribution in [2.75, 3.05) is 11.1 Å². The van der Waals surface area contributed by atoms with Crippen molar-refractivity contribution in [1.29, 1.82) is 0 Å². The second-order valence-electron chi connectivity index (χ2n) is 7.47. The monoisotopic (exact) mass is 417 g/mol. The maximum absolute atomic E-state index is 14.2. The quantitative estimate of drug-likeness (QED) is 0.466. The molecule has 1 aliphatic rings. The number of nitrogens with two attached hydrogens (primary N) is 1. The van der Waals surface area contributed by atoms with Gasteiger partial charge in [0.15, 0.2) is 11.6 Å². The first-order valence-electron chi connectivity index (χ1n) is 9.89. The summed E-state index contributed by atoms with van der Waals surface area (Å²) in [4.78, 5) is 8.82. The number of nitrogens with zero attached hydrogens (tertiary/aromatic N) is 5. The van der Waals surface area contributed by atoms with Gasteiger partial charge >= 0.3 is 0 Å². The van der Waals surface area contributed by atoms with Gasteiger partial charge in [0.2, 0.25) is 0 Å². The number of nitrogens with one attached hydrogen (secondary N) is 1. The van der Waals surface area contributed by atoms with Gasteiger partial charge < -0.3 is 15.6 Å². The fourth-order valence-corrected chi connectivity index (χ4v) is 3.31. The van der Waals surface area contributed by atoms with Crippen LogP contribution in [0.2, 0.25) is 0 Å². The van der Waals surface area contributed by atoms with E-state index in [4.69, 9.17) is 10.3 Å². The number of anilines is 2. The van der Waals surface area contributed by atoms with E-state index >= 15 is 0 Å². The Morgan fingerprint density at radius 2 is 2.10 bits per heavy atom. The molecule has 1 aromatic carbocycles. The van der Waals surface area contributed by atoms with Crippen molar-refractivity contribution in [3.05, 3.63) is 72.5 Å². The summed E-state index contributed by atoms with van der Waals surface area (Å²) in [5.41, 5.74) is 9.90. The molecule has 31 heavy (non-hydrogen) atoms. The molecule has 3 heterocycles. The van der Waals surface area contributed by atoms with Crippen LogP contribution < -0.4 is 11.1 Å². The summed E-state index contributed by atoms with van der Waals surface area (Å²) < 4.78 is 20.8. The van der Waals surface area contributed by atoms with Crippen LogP contribution in [-0.2, 0) is 6.54 Å². The van der Waals surface area contributed by atoms with Gasteiger partial charge in [-0.05, 0) is 30.9 Å². The van der Waals surface area contributed by atoms with Crippen molar-refractivity contribution >= 4 is 11.5 Å². The van der Waals surface area contributed by atoms with Gasteiger partial charge in [0.25, 0.3) is 0 Å². The minimum absolute atomic E-state index is 0.213. The van der Waals surface area contributed by atoms with Crippen molar-refractivity contribution < 1.29 is 8.91 Å². The van der Waals surface area contributed by atoms with Crippen LogP contribution in [0.15, 0.2) is 65.7 Å². The molecule has 0 amide bonds. The summed E-state index contributed by atoms with van der Waals surface area (Å²) in [6.45, 7) is 4.25. The molecule has 156 valence electrons. The molecule has 0 spiro atoms. The van der Waals surface area contributed by atoms with E-state index in [1.165, 1.54) is 12.3 Å². The molecule has 0 radical (unpaired) electrons. The number of aromatic nitrogens is 5. The van der Waals surface area contributed by atoms with Crippen LogP contribution in [0.1, 0.15) is 18.4 Å². The molecule has 1 aliphatic carbocycles. The molecule has 0 bridgehead atoms. The standard InChI is InChI=1S/C22H20FN7O/c1-13(14-6-7-14)26-19-11-25-22(27-21(19)24)18-10-20(17-8-9-31-29-17)30(28-18)12-15-4-2-3-5-16(15)23/h2-5,8-11,14,26H,1,6-7,12H2,(H2,24,25,27). The topological polar surface area (TPSA) is 108 Å². The zero-order chi connectivity index (χ0) is 21.4. The Morgan fingerprint density at radius 1 is 1.26 bits per heavy atom. The Bertz CT molecular complexity index is 1240. The molecule has 0 unspecified atom stereocenters. The molecule has 0 aliphatic heterocycles. The van der Waals surface area contributed by atoms with Gasteiger partial charge in [0.05, 0.1) is 24.1 Å². The third kappa shape index (κ3) is 3.89. The lowest BCUT2D eigenvalue weighted by Gasteiger charge is -2.10. The zero-order valence-electron chi connectivity index (χ0n) is 16.6. The molecule has 1 saturated carbocycles. The molecule has 9 heteroatoms. The molecule has 3 aromatic heterocycles. The van der Waals surface area contributed by atoms with Gasteiger partial charge in [0.1, 0.15) is 23.5 Å². The lowest BCUT2D eigenvalue weighted by molar-refractivity contribution is 0.421. The first-order valence-corrected chi connectivity index (χ1v) is 9.89. The predicted octanol–water partition coefficient (Wildman–Crippen LogP) is 4.10. The zero-order valence-corrected chi connectivity index (χ0v) is 16.6. The first-order chi connectivity index (χ1) is 15.1. The Labute approximate surface area is 177 Å². The number of hydrogen-bond acceptors (Lipinski definition) is 7. The van der Waals surface area contributed by atoms with Crippen molar-refractivity contribution in [2.45, 2.75) is 19.4 Å². The number of rotatable bonds is 7. The third-order valence-electron chi connectivity index (χ3n) is 5.17. The Kier molecular flexibility index (Phi) is 4.70. The lowest BCUT2D eigenvalue weighted by Crippen LogP contribution is -2.07. The summed E-state index contributed by atoms with van der Waals surface area (Å²) in [7, 11) is 0. The molecular formula is C22H20FN7O. The summed E-state index contributed by atoms with van der Waals surface area (Å²) in [6, 6.07) is 10.1. The lowest BCUT2D eigenvalue weighted by atomic mass is 10.2. The van der Waals surface area contributed by atoms with Crippen LogP contribution in [-0.4, -0.2) is 24.9 Å². The maximum atomic E-state index is 14.2. The number of benzene rings is 1. The Hall–Kier alpha value is -4.01. The van der Waals surface area contributed by atoms with E-state index < -0.39 is 0 Å². The van der Waals surface area contributed by atoms with E-state index in [-0.39, 0.29) is 12.4 Å². The van der Waals surface area contributed by atoms with Gasteiger partial charge in [-0.1, -0.05) is 29.9 Å². The van der Waals surface area contributed by atoms with Crippen LogP contribution in [0, 0.1) is 11.7 Å². The molecule has 1 fully saturated rings. The van der Waals surface area contributed by atoms with E-state index in [0.717, 1.165) is 18.5 Å². The highest BCUT2D eigenvalue weighted by Gasteiger charge is 2.25. The molecule has 3 N–H and O–H groups in total. The SMILES string of the molecule is C=C(Nc1cnc(-c2cc(-c3ccon3)n(Cc3ccccc3F)n2)nc1N)C1CC1. The van der Waals surface area contributed by atoms with E-state index in [1.54, 1.807) is 41.2 Å². The minimum Gasteiger partial charge on any atom is -0.382 e. The molecule has 5 rings (SSSR count). The van der Waals surface area contributed by atoms with Crippen molar-refractivity contribution in [2.24, 2.45) is 5.92 Å². The molecule has 0 atom stereocenters. The van der Waals surface area contributed by atoms with Gasteiger partial charge in [-0.2, -0.15) is 5.10 Å². The fourth-order valence-electron chi connectivity index (χ4n) is 3.31. The summed E-state index contributed by atoms with van der Waals surface area (Å²) in [5, 5.41) is 11.8. The van der Waals surface area contributed by atoms with Crippen molar-refractivity contribution in [3.63, 3.8) is 0 Å². The molecular weight excluding hydrogens is 397 g/mol. The number of hydrogen-bond donors (Lipinski definition) is 2. The maximum Gasteiger partial charge on any atom is 0.182 e. The second kappa shape index (κ2) is 7.67. The smallest absolute Gasteiger partial charge is 0.182 e. The van der Waals surface area contributed by atoms with E-state index in [2.05, 4.69) is 32.1 Å². The summed E-state index contributed by atoms with van der Waals surface area (Å²) in [6.07, 6.45) is 5.36. The third-order valence-corrected chi connectivity index (χ3v) is 5.17. The predicted molar refractivity (Wildman–Crippen MR) is 114 cm³/mol. The highest BCUT2D eigenvalue weighted by molar-refractivity contribution is 5.68. The van der Waals surface area contributed by atoms with Crippen LogP contribution in [0.4, 0.5) is 15.9 Å². The number of allylic oxidation sites excluding steroid dienone is 1. The van der Waals surface area contributed by atoms with Gasteiger partial charge in [0, 0.05) is 17.3 Å². The Morgan fingerprint density at radius 3 is 2.81 bits per heavy atom. The second-order valence-corrected chi connectivity index (χ2v) is 7.47. The summed E-state index contributed by atoms with van der Waals surface area (Å²) in [5.74, 6) is 0.839. The van der Waals surface area contributed by atoms with Gasteiger partial charge in [-0.3, -0.25) is 4.68 Å². The highest BCUT2D eigenvalue weighted by Crippen LogP contribution is 2.36. The molecule has 4 aromatic rings. The highest BCUT2D eigenvalue weighted by atomic mass is 19.1. The average Bonchev–Trinajstić information content (AvgIpc) is 3.32. The van der Waals surface area contributed by atoms with Crippen LogP contribution in [0.25, 0.3) is 22.9 Å². The van der Waals surface area contributed by atoms with Crippen LogP contribution in [0.3, 0.4) is 0 Å². The van der Waals surface area contributed by atoms with E-state index in [1.807, 2.05) is 0 Å². The average molecular weight is 417 g/mol. The van der Waals surface area contributed by atoms with Crippen molar-refractivity contribution in [3.8, 4) is 22.9 Å². The minimum atomic E-state index is -0.308. The fraction of sp³-hybridized carbons (Fsp3) is 0.182. The van der Waals surface area contributed by atoms with E-state index in [0.29, 0.717) is 45.9 Å². The number of halogens is 1. The largest absolute Gasteiger partial charge is 0.382 e. The molecule has 0 saturated heterocycles. The van der Waals surface area contributed by atoms with Gasteiger partial charge in [-0.15, -0.1) is 0 Å². The van der Waals surface area contributed by atoms with Crippen LogP contribution in [0.5, 0.6) is 0 Å². The summed E-state index contributed by atoms with van der Waals surface area (Å²) >= 11 is 0. The number of nitrogen functional groups attached to an aromatic ring is 1. The Balaban J connectivity index is 1.48. The molecule has 8 nitrogen and oxygen atoms in total. The van der Waals surface area contributed by atoms with E-state index in [9.17, 15) is 4.39 Å². The van der Waals surface area contributed by atoms with Crippen molar-refractivity contribution in [1.82, 2.24) is 24.9 Å².